The molecule has 3 N–H and O–H groups in total. The topological polar surface area (TPSA) is 75.0 Å². The van der Waals surface area contributed by atoms with Crippen LogP contribution >= 0.6 is 12.2 Å². The average molecular weight is 252 g/mol. The molecule has 0 unspecified atom stereocenters. The number of hydrogen-bond acceptors (Lipinski definition) is 3. The molecule has 5 nitrogen and oxygen atoms in total. The number of thiocarbonyl (C=S) groups is 1. The van der Waals surface area contributed by atoms with E-state index in [0.717, 1.165) is 12.8 Å². The van der Waals surface area contributed by atoms with Crippen molar-refractivity contribution in [1.29, 1.82) is 0 Å². The van der Waals surface area contributed by atoms with Gasteiger partial charge in [-0.15, -0.1) is 0 Å². The van der Waals surface area contributed by atoms with Gasteiger partial charge in [0, 0.05) is 24.7 Å². The molecule has 92 valence electrons. The number of nitrogens with two attached hydrogens (primary N) is 1. The lowest BCUT2D eigenvalue weighted by Gasteiger charge is -2.38. The molecule has 0 bridgehead atoms. The number of nitrogens with zero attached hydrogens (tertiary/aromatic N) is 2. The van der Waals surface area contributed by atoms with E-state index in [1.807, 2.05) is 4.90 Å². The van der Waals surface area contributed by atoms with Crippen molar-refractivity contribution in [1.82, 2.24) is 15.1 Å². The molecule has 2 heterocycles. The number of carbonyl (C=O) groups excluding carboxylic acids is 1. The van der Waals surface area contributed by atoms with Gasteiger partial charge in [-0.05, 0) is 18.9 Å². The Morgan fingerprint density at radius 1 is 1.59 bits per heavy atom. The summed E-state index contributed by atoms with van der Waals surface area (Å²) in [6.07, 6.45) is 3.22. The van der Waals surface area contributed by atoms with Gasteiger partial charge in [0.05, 0.1) is 4.99 Å². The molecule has 0 aromatic carbocycles. The highest BCUT2D eigenvalue weighted by Crippen LogP contribution is 2.31. The first-order valence-corrected chi connectivity index (χ1v) is 6.02. The number of amides is 1. The molecule has 0 aliphatic carbocycles. The summed E-state index contributed by atoms with van der Waals surface area (Å²) in [5, 5.41) is 6.47. The Kier molecular flexibility index (Phi) is 3.15. The normalized spacial score (nSPS) is 19.0. The SMILES string of the molecule is CC1(C(N)=S)CCN(C(=O)c2ccn[nH]2)CC1. The lowest BCUT2D eigenvalue weighted by molar-refractivity contribution is 0.0664. The summed E-state index contributed by atoms with van der Waals surface area (Å²) in [6, 6.07) is 1.68. The summed E-state index contributed by atoms with van der Waals surface area (Å²) in [6.45, 7) is 3.44. The standard InChI is InChI=1S/C11H16N4OS/c1-11(10(12)17)3-6-15(7-4-11)9(16)8-2-5-13-14-8/h2,5H,3-4,6-7H2,1H3,(H2,12,17)(H,13,14). The van der Waals surface area contributed by atoms with E-state index in [-0.39, 0.29) is 11.3 Å². The Hall–Kier alpha value is -1.43. The number of piperidine rings is 1. The zero-order valence-electron chi connectivity index (χ0n) is 9.77. The molecular formula is C11H16N4OS. The predicted molar refractivity (Wildman–Crippen MR) is 68.6 cm³/mol. The van der Waals surface area contributed by atoms with Crippen LogP contribution in [-0.2, 0) is 0 Å². The zero-order valence-corrected chi connectivity index (χ0v) is 10.6. The smallest absolute Gasteiger partial charge is 0.271 e. The van der Waals surface area contributed by atoms with Crippen molar-refractivity contribution >= 4 is 23.1 Å². The third-order valence-electron chi connectivity index (χ3n) is 3.48. The van der Waals surface area contributed by atoms with Gasteiger partial charge in [-0.2, -0.15) is 5.10 Å². The Morgan fingerprint density at radius 2 is 2.24 bits per heavy atom. The number of nitrogens with one attached hydrogen (secondary N) is 1. The van der Waals surface area contributed by atoms with Crippen LogP contribution in [0.4, 0.5) is 0 Å². The van der Waals surface area contributed by atoms with Crippen molar-refractivity contribution in [2.45, 2.75) is 19.8 Å². The lowest BCUT2D eigenvalue weighted by atomic mass is 9.80. The van der Waals surface area contributed by atoms with E-state index in [1.54, 1.807) is 12.3 Å². The average Bonchev–Trinajstić information content (AvgIpc) is 2.82. The molecule has 1 aromatic heterocycles. The maximum Gasteiger partial charge on any atom is 0.271 e. The van der Waals surface area contributed by atoms with Crippen LogP contribution in [-0.4, -0.2) is 39.1 Å². The monoisotopic (exact) mass is 252 g/mol. The molecule has 0 spiro atoms. The van der Waals surface area contributed by atoms with Crippen molar-refractivity contribution in [3.8, 4) is 0 Å². The maximum absolute atomic E-state index is 12.0. The van der Waals surface area contributed by atoms with E-state index < -0.39 is 0 Å². The largest absolute Gasteiger partial charge is 0.393 e. The Morgan fingerprint density at radius 3 is 2.71 bits per heavy atom. The summed E-state index contributed by atoms with van der Waals surface area (Å²) in [7, 11) is 0. The second-order valence-corrected chi connectivity index (χ2v) is 5.13. The van der Waals surface area contributed by atoms with E-state index in [9.17, 15) is 4.79 Å². The third kappa shape index (κ3) is 2.31. The summed E-state index contributed by atoms with van der Waals surface area (Å²) in [5.74, 6) is -0.00695. The minimum absolute atomic E-state index is 0.00695. The van der Waals surface area contributed by atoms with Gasteiger partial charge in [0.2, 0.25) is 0 Å². The second kappa shape index (κ2) is 4.44. The molecule has 1 fully saturated rings. The molecule has 1 saturated heterocycles. The minimum atomic E-state index is -0.111. The summed E-state index contributed by atoms with van der Waals surface area (Å²) >= 11 is 5.07. The summed E-state index contributed by atoms with van der Waals surface area (Å²) in [5.41, 5.74) is 6.15. The van der Waals surface area contributed by atoms with Crippen LogP contribution < -0.4 is 5.73 Å². The van der Waals surface area contributed by atoms with Crippen LogP contribution in [0.25, 0.3) is 0 Å². The fraction of sp³-hybridized carbons (Fsp3) is 0.545. The molecule has 2 rings (SSSR count). The quantitative estimate of drug-likeness (QED) is 0.768. The van der Waals surface area contributed by atoms with Crippen molar-refractivity contribution in [2.75, 3.05) is 13.1 Å². The van der Waals surface area contributed by atoms with Gasteiger partial charge in [0.25, 0.3) is 5.91 Å². The maximum atomic E-state index is 12.0. The van der Waals surface area contributed by atoms with Gasteiger partial charge in [-0.1, -0.05) is 19.1 Å². The first-order valence-electron chi connectivity index (χ1n) is 5.61. The minimum Gasteiger partial charge on any atom is -0.393 e. The molecule has 1 amide bonds. The highest BCUT2D eigenvalue weighted by atomic mass is 32.1. The summed E-state index contributed by atoms with van der Waals surface area (Å²) < 4.78 is 0. The Labute approximate surface area is 105 Å². The van der Waals surface area contributed by atoms with Gasteiger partial charge in [0.1, 0.15) is 5.69 Å². The zero-order chi connectivity index (χ0) is 12.5. The number of carbonyl (C=O) groups is 1. The highest BCUT2D eigenvalue weighted by molar-refractivity contribution is 7.80. The van der Waals surface area contributed by atoms with Crippen LogP contribution in [0.3, 0.4) is 0 Å². The molecule has 0 radical (unpaired) electrons. The fourth-order valence-corrected chi connectivity index (χ4v) is 2.20. The predicted octanol–water partition coefficient (Wildman–Crippen LogP) is 0.938. The number of aromatic nitrogens is 2. The van der Waals surface area contributed by atoms with Crippen molar-refractivity contribution in [3.05, 3.63) is 18.0 Å². The van der Waals surface area contributed by atoms with Gasteiger partial charge in [0.15, 0.2) is 0 Å². The fourth-order valence-electron chi connectivity index (χ4n) is 2.00. The van der Waals surface area contributed by atoms with Crippen LogP contribution in [0.5, 0.6) is 0 Å². The van der Waals surface area contributed by atoms with E-state index >= 15 is 0 Å². The van der Waals surface area contributed by atoms with Crippen molar-refractivity contribution < 1.29 is 4.79 Å². The van der Waals surface area contributed by atoms with Crippen molar-refractivity contribution in [2.24, 2.45) is 11.1 Å². The van der Waals surface area contributed by atoms with E-state index in [0.29, 0.717) is 23.8 Å². The number of aromatic amines is 1. The number of H-pyrrole nitrogens is 1. The van der Waals surface area contributed by atoms with Crippen LogP contribution in [0, 0.1) is 5.41 Å². The molecule has 1 aliphatic heterocycles. The first kappa shape index (κ1) is 12.0. The van der Waals surface area contributed by atoms with Crippen LogP contribution in [0.2, 0.25) is 0 Å². The molecule has 0 saturated carbocycles. The van der Waals surface area contributed by atoms with Crippen molar-refractivity contribution in [3.63, 3.8) is 0 Å². The highest BCUT2D eigenvalue weighted by Gasteiger charge is 2.34. The Balaban J connectivity index is 2.00. The van der Waals surface area contributed by atoms with Crippen LogP contribution in [0.1, 0.15) is 30.3 Å². The van der Waals surface area contributed by atoms with E-state index in [4.69, 9.17) is 18.0 Å². The first-order chi connectivity index (χ1) is 8.03. The molecule has 1 aliphatic rings. The summed E-state index contributed by atoms with van der Waals surface area (Å²) in [4.78, 5) is 14.4. The number of rotatable bonds is 2. The van der Waals surface area contributed by atoms with Gasteiger partial charge < -0.3 is 10.6 Å². The molecule has 0 atom stereocenters. The second-order valence-electron chi connectivity index (χ2n) is 4.69. The number of likely N-dealkylation sites (tertiary alicyclic amines) is 1. The van der Waals surface area contributed by atoms with Gasteiger partial charge >= 0.3 is 0 Å². The molecule has 6 heteroatoms. The third-order valence-corrected chi connectivity index (χ3v) is 3.97. The Bertz CT molecular complexity index is 421. The van der Waals surface area contributed by atoms with Crippen LogP contribution in [0.15, 0.2) is 12.3 Å². The van der Waals surface area contributed by atoms with E-state index in [2.05, 4.69) is 17.1 Å². The molecule has 1 aromatic rings. The van der Waals surface area contributed by atoms with E-state index in [1.165, 1.54) is 0 Å². The lowest BCUT2D eigenvalue weighted by Crippen LogP contribution is -2.46. The van der Waals surface area contributed by atoms with Gasteiger partial charge in [-0.25, -0.2) is 0 Å². The number of hydrogen-bond donors (Lipinski definition) is 2. The van der Waals surface area contributed by atoms with Gasteiger partial charge in [-0.3, -0.25) is 9.89 Å². The molecular weight excluding hydrogens is 236 g/mol. The molecule has 17 heavy (non-hydrogen) atoms.